The predicted octanol–water partition coefficient (Wildman–Crippen LogP) is 4.13. The lowest BCUT2D eigenvalue weighted by Gasteiger charge is -2.05. The van der Waals surface area contributed by atoms with Gasteiger partial charge in [0, 0.05) is 11.5 Å². The molecule has 2 rings (SSSR count). The van der Waals surface area contributed by atoms with Gasteiger partial charge in [-0.15, -0.1) is 11.3 Å². The van der Waals surface area contributed by atoms with Gasteiger partial charge in [-0.05, 0) is 19.4 Å². The summed E-state index contributed by atoms with van der Waals surface area (Å²) in [5, 5.41) is 1.93. The van der Waals surface area contributed by atoms with E-state index in [1.807, 2.05) is 0 Å². The highest BCUT2D eigenvalue weighted by atomic mass is 32.1. The predicted molar refractivity (Wildman–Crippen MR) is 75.5 cm³/mol. The van der Waals surface area contributed by atoms with Gasteiger partial charge >= 0.3 is 0 Å². The van der Waals surface area contributed by atoms with E-state index in [1.54, 1.807) is 11.3 Å². The maximum Gasteiger partial charge on any atom is 0.114 e. The molecule has 0 saturated heterocycles. The van der Waals surface area contributed by atoms with Crippen LogP contribution in [0.5, 0.6) is 0 Å². The molecule has 0 radical (unpaired) electrons. The van der Waals surface area contributed by atoms with E-state index < -0.39 is 0 Å². The van der Waals surface area contributed by atoms with Crippen molar-refractivity contribution in [1.29, 1.82) is 0 Å². The number of rotatable bonds is 2. The van der Waals surface area contributed by atoms with Gasteiger partial charge in [-0.25, -0.2) is 4.98 Å². The van der Waals surface area contributed by atoms with Crippen LogP contribution < -0.4 is 5.73 Å². The Morgan fingerprint density at radius 2 is 1.94 bits per heavy atom. The molecular weight excluding hydrogens is 228 g/mol. The fraction of sp³-hybridized carbons (Fsp3) is 0.357. The van der Waals surface area contributed by atoms with Gasteiger partial charge in [0.15, 0.2) is 0 Å². The average molecular weight is 246 g/mol. The van der Waals surface area contributed by atoms with Gasteiger partial charge in [-0.2, -0.15) is 0 Å². The molecule has 0 spiro atoms. The molecule has 0 unspecified atom stereocenters. The lowest BCUT2D eigenvalue weighted by molar-refractivity contribution is 0.853. The number of nitrogens with zero attached hydrogens (tertiary/aromatic N) is 1. The molecule has 1 heterocycles. The van der Waals surface area contributed by atoms with Gasteiger partial charge in [0.05, 0.1) is 5.01 Å². The minimum Gasteiger partial charge on any atom is -0.389 e. The maximum atomic E-state index is 6.07. The normalized spacial score (nSPS) is 11.1. The third kappa shape index (κ3) is 2.34. The van der Waals surface area contributed by atoms with Crippen LogP contribution >= 0.6 is 11.3 Å². The molecule has 1 aromatic heterocycles. The van der Waals surface area contributed by atoms with Crippen molar-refractivity contribution in [2.24, 2.45) is 0 Å². The van der Waals surface area contributed by atoms with Gasteiger partial charge in [-0.1, -0.05) is 37.6 Å². The zero-order chi connectivity index (χ0) is 12.6. The molecule has 2 nitrogen and oxygen atoms in total. The van der Waals surface area contributed by atoms with E-state index in [1.165, 1.54) is 11.1 Å². The molecule has 0 aliphatic rings. The molecule has 0 amide bonds. The summed E-state index contributed by atoms with van der Waals surface area (Å²) in [4.78, 5) is 4.66. The van der Waals surface area contributed by atoms with Crippen molar-refractivity contribution in [2.75, 3.05) is 5.73 Å². The van der Waals surface area contributed by atoms with Crippen molar-refractivity contribution in [1.82, 2.24) is 4.98 Å². The van der Waals surface area contributed by atoms with Crippen LogP contribution in [-0.2, 0) is 0 Å². The zero-order valence-electron chi connectivity index (χ0n) is 10.7. The lowest BCUT2D eigenvalue weighted by atomic mass is 10.0. The van der Waals surface area contributed by atoms with Crippen LogP contribution in [0.25, 0.3) is 11.3 Å². The first kappa shape index (κ1) is 12.1. The van der Waals surface area contributed by atoms with Crippen LogP contribution in [0, 0.1) is 13.8 Å². The first-order valence-electron chi connectivity index (χ1n) is 5.83. The van der Waals surface area contributed by atoms with Crippen molar-refractivity contribution in [3.63, 3.8) is 0 Å². The minimum absolute atomic E-state index is 0.432. The van der Waals surface area contributed by atoms with Gasteiger partial charge in [-0.3, -0.25) is 0 Å². The third-order valence-corrected chi connectivity index (χ3v) is 3.99. The molecule has 0 aliphatic heterocycles. The summed E-state index contributed by atoms with van der Waals surface area (Å²) >= 11 is 1.60. The highest BCUT2D eigenvalue weighted by Gasteiger charge is 2.14. The van der Waals surface area contributed by atoms with Crippen LogP contribution in [0.2, 0.25) is 0 Å². The van der Waals surface area contributed by atoms with E-state index in [-0.39, 0.29) is 0 Å². The molecular formula is C14H18N2S. The number of thiazole rings is 1. The molecule has 0 fully saturated rings. The van der Waals surface area contributed by atoms with Crippen LogP contribution in [0.3, 0.4) is 0 Å². The molecule has 90 valence electrons. The van der Waals surface area contributed by atoms with Crippen LogP contribution in [-0.4, -0.2) is 4.98 Å². The molecule has 0 aliphatic carbocycles. The van der Waals surface area contributed by atoms with Gasteiger partial charge in [0.2, 0.25) is 0 Å². The van der Waals surface area contributed by atoms with Gasteiger partial charge in [0.25, 0.3) is 0 Å². The van der Waals surface area contributed by atoms with Crippen molar-refractivity contribution in [2.45, 2.75) is 33.6 Å². The molecule has 2 N–H and O–H groups in total. The number of aromatic nitrogens is 1. The summed E-state index contributed by atoms with van der Waals surface area (Å²) in [5.41, 5.74) is 10.7. The maximum absolute atomic E-state index is 6.07. The van der Waals surface area contributed by atoms with Crippen LogP contribution in [0.1, 0.15) is 35.9 Å². The van der Waals surface area contributed by atoms with E-state index in [0.29, 0.717) is 5.92 Å². The van der Waals surface area contributed by atoms with E-state index in [2.05, 4.69) is 50.9 Å². The number of nitrogen functional groups attached to an aromatic ring is 1. The fourth-order valence-corrected chi connectivity index (χ4v) is 2.72. The zero-order valence-corrected chi connectivity index (χ0v) is 11.6. The Labute approximate surface area is 107 Å². The number of hydrogen-bond donors (Lipinski definition) is 1. The first-order valence-corrected chi connectivity index (χ1v) is 6.64. The van der Waals surface area contributed by atoms with E-state index in [9.17, 15) is 0 Å². The lowest BCUT2D eigenvalue weighted by Crippen LogP contribution is -1.90. The third-order valence-electron chi connectivity index (χ3n) is 2.80. The van der Waals surface area contributed by atoms with Crippen molar-refractivity contribution < 1.29 is 0 Å². The Morgan fingerprint density at radius 3 is 2.47 bits per heavy atom. The largest absolute Gasteiger partial charge is 0.389 e. The second kappa shape index (κ2) is 4.49. The fourth-order valence-electron chi connectivity index (χ4n) is 1.87. The average Bonchev–Trinajstić information content (AvgIpc) is 2.61. The highest BCUT2D eigenvalue weighted by molar-refractivity contribution is 7.16. The quantitative estimate of drug-likeness (QED) is 0.865. The minimum atomic E-state index is 0.432. The number of nitrogens with two attached hydrogens (primary N) is 1. The number of benzene rings is 1. The van der Waals surface area contributed by atoms with E-state index >= 15 is 0 Å². The Hall–Kier alpha value is -1.35. The van der Waals surface area contributed by atoms with Crippen LogP contribution in [0.4, 0.5) is 5.00 Å². The second-order valence-corrected chi connectivity index (χ2v) is 5.80. The van der Waals surface area contributed by atoms with Crippen molar-refractivity contribution in [3.05, 3.63) is 34.3 Å². The summed E-state index contributed by atoms with van der Waals surface area (Å²) in [6, 6.07) is 6.39. The number of aryl methyl sites for hydroxylation is 2. The number of hydrogen-bond acceptors (Lipinski definition) is 3. The second-order valence-electron chi connectivity index (χ2n) is 4.74. The standard InChI is InChI=1S/C14H18N2S/c1-8(2)14-16-12(13(15)17-14)11-6-5-9(3)7-10(11)4/h5-8H,15H2,1-4H3. The molecule has 3 heteroatoms. The first-order chi connectivity index (χ1) is 7.99. The molecule has 2 aromatic rings. The van der Waals surface area contributed by atoms with Crippen LogP contribution in [0.15, 0.2) is 18.2 Å². The van der Waals surface area contributed by atoms with E-state index in [4.69, 9.17) is 5.73 Å². The van der Waals surface area contributed by atoms with E-state index in [0.717, 1.165) is 21.3 Å². The van der Waals surface area contributed by atoms with Gasteiger partial charge < -0.3 is 5.73 Å². The Balaban J connectivity index is 2.52. The highest BCUT2D eigenvalue weighted by Crippen LogP contribution is 2.35. The summed E-state index contributed by atoms with van der Waals surface area (Å²) in [5.74, 6) is 0.432. The molecule has 0 bridgehead atoms. The van der Waals surface area contributed by atoms with Crippen molar-refractivity contribution in [3.8, 4) is 11.3 Å². The summed E-state index contributed by atoms with van der Waals surface area (Å²) in [6.07, 6.45) is 0. The molecule has 1 aromatic carbocycles. The SMILES string of the molecule is Cc1ccc(-c2nc(C(C)C)sc2N)c(C)c1. The van der Waals surface area contributed by atoms with Gasteiger partial charge in [0.1, 0.15) is 10.7 Å². The Kier molecular flexibility index (Phi) is 3.20. The summed E-state index contributed by atoms with van der Waals surface area (Å²) in [7, 11) is 0. The Morgan fingerprint density at radius 1 is 1.24 bits per heavy atom. The number of anilines is 1. The monoisotopic (exact) mass is 246 g/mol. The Bertz CT molecular complexity index is 541. The molecule has 17 heavy (non-hydrogen) atoms. The summed E-state index contributed by atoms with van der Waals surface area (Å²) in [6.45, 7) is 8.49. The van der Waals surface area contributed by atoms with Crippen molar-refractivity contribution >= 4 is 16.3 Å². The summed E-state index contributed by atoms with van der Waals surface area (Å²) < 4.78 is 0. The smallest absolute Gasteiger partial charge is 0.114 e. The topological polar surface area (TPSA) is 38.9 Å². The molecule has 0 saturated carbocycles. The molecule has 0 atom stereocenters.